The summed E-state index contributed by atoms with van der Waals surface area (Å²) in [5.41, 5.74) is 8.10. The fraction of sp³-hybridized carbons (Fsp3) is 0.455. The van der Waals surface area contributed by atoms with Gasteiger partial charge in [-0.1, -0.05) is 12.1 Å². The summed E-state index contributed by atoms with van der Waals surface area (Å²) in [6, 6.07) is 5.97. The Morgan fingerprint density at radius 2 is 2.36 bits per heavy atom. The van der Waals surface area contributed by atoms with Gasteiger partial charge < -0.3 is 15.6 Å². The highest BCUT2D eigenvalue weighted by atomic mass is 16.5. The van der Waals surface area contributed by atoms with Crippen LogP contribution in [-0.2, 0) is 12.8 Å². The second kappa shape index (κ2) is 3.98. The highest BCUT2D eigenvalue weighted by Crippen LogP contribution is 2.26. The summed E-state index contributed by atoms with van der Waals surface area (Å²) in [6.07, 6.45) is 1.71. The largest absolute Gasteiger partial charge is 0.493 e. The van der Waals surface area contributed by atoms with E-state index in [4.69, 9.17) is 15.6 Å². The van der Waals surface area contributed by atoms with Crippen molar-refractivity contribution in [2.75, 3.05) is 13.2 Å². The third-order valence-electron chi connectivity index (χ3n) is 2.49. The van der Waals surface area contributed by atoms with Crippen molar-refractivity contribution in [1.29, 1.82) is 0 Å². The van der Waals surface area contributed by atoms with E-state index in [9.17, 15) is 0 Å². The smallest absolute Gasteiger partial charge is 0.122 e. The number of hydrogen-bond acceptors (Lipinski definition) is 3. The summed E-state index contributed by atoms with van der Waals surface area (Å²) in [7, 11) is 0. The molecule has 3 nitrogen and oxygen atoms in total. The quantitative estimate of drug-likeness (QED) is 0.734. The molecular formula is C11H15NO2. The molecule has 3 N–H and O–H groups in total. The van der Waals surface area contributed by atoms with Crippen LogP contribution in [0.3, 0.4) is 0 Å². The zero-order valence-corrected chi connectivity index (χ0v) is 8.07. The molecule has 0 fully saturated rings. The van der Waals surface area contributed by atoms with E-state index in [2.05, 4.69) is 6.07 Å². The Bertz CT molecular complexity index is 325. The highest BCUT2D eigenvalue weighted by Gasteiger charge is 2.12. The van der Waals surface area contributed by atoms with Gasteiger partial charge in [0.05, 0.1) is 13.2 Å². The second-order valence-corrected chi connectivity index (χ2v) is 3.69. The Morgan fingerprint density at radius 3 is 3.14 bits per heavy atom. The third-order valence-corrected chi connectivity index (χ3v) is 2.49. The Balaban J connectivity index is 2.12. The number of benzene rings is 1. The van der Waals surface area contributed by atoms with Crippen LogP contribution >= 0.6 is 0 Å². The van der Waals surface area contributed by atoms with Gasteiger partial charge in [0.1, 0.15) is 5.75 Å². The van der Waals surface area contributed by atoms with Crippen molar-refractivity contribution < 1.29 is 9.84 Å². The maximum Gasteiger partial charge on any atom is 0.122 e. The molecule has 0 aliphatic carbocycles. The molecule has 1 aromatic rings. The molecule has 0 amide bonds. The molecule has 0 unspecified atom stereocenters. The van der Waals surface area contributed by atoms with Crippen LogP contribution < -0.4 is 10.5 Å². The van der Waals surface area contributed by atoms with Crippen LogP contribution in [0.1, 0.15) is 11.1 Å². The van der Waals surface area contributed by atoms with E-state index in [0.717, 1.165) is 25.2 Å². The minimum Gasteiger partial charge on any atom is -0.493 e. The zero-order chi connectivity index (χ0) is 9.97. The molecule has 14 heavy (non-hydrogen) atoms. The van der Waals surface area contributed by atoms with Gasteiger partial charge in [-0.25, -0.2) is 0 Å². The maximum atomic E-state index is 8.84. The molecule has 1 heterocycles. The molecular weight excluding hydrogens is 178 g/mol. The van der Waals surface area contributed by atoms with E-state index >= 15 is 0 Å². The molecule has 2 rings (SSSR count). The lowest BCUT2D eigenvalue weighted by atomic mass is 10.0. The fourth-order valence-electron chi connectivity index (χ4n) is 1.73. The summed E-state index contributed by atoms with van der Waals surface area (Å²) >= 11 is 0. The molecule has 1 aliphatic rings. The van der Waals surface area contributed by atoms with Crippen LogP contribution in [-0.4, -0.2) is 24.4 Å². The first-order valence-corrected chi connectivity index (χ1v) is 4.90. The van der Waals surface area contributed by atoms with Gasteiger partial charge in [-0.2, -0.15) is 0 Å². The van der Waals surface area contributed by atoms with Crippen molar-refractivity contribution >= 4 is 0 Å². The predicted molar refractivity (Wildman–Crippen MR) is 54.4 cm³/mol. The third kappa shape index (κ3) is 1.89. The van der Waals surface area contributed by atoms with Gasteiger partial charge in [0.2, 0.25) is 0 Å². The Morgan fingerprint density at radius 1 is 1.50 bits per heavy atom. The lowest BCUT2D eigenvalue weighted by Gasteiger charge is -2.08. The van der Waals surface area contributed by atoms with E-state index < -0.39 is 0 Å². The van der Waals surface area contributed by atoms with Crippen LogP contribution in [0.2, 0.25) is 0 Å². The number of hydrogen-bond donors (Lipinski definition) is 2. The van der Waals surface area contributed by atoms with Crippen molar-refractivity contribution in [1.82, 2.24) is 0 Å². The van der Waals surface area contributed by atoms with Gasteiger partial charge in [-0.15, -0.1) is 0 Å². The number of ether oxygens (including phenoxy) is 1. The van der Waals surface area contributed by atoms with Crippen LogP contribution in [0.15, 0.2) is 18.2 Å². The number of aliphatic hydroxyl groups is 1. The molecule has 1 aliphatic heterocycles. The minimum absolute atomic E-state index is 0.0353. The van der Waals surface area contributed by atoms with Gasteiger partial charge in [0, 0.05) is 12.5 Å². The Kier molecular flexibility index (Phi) is 2.70. The SMILES string of the molecule is N[C@H](CO)Cc1ccc2c(c1)CCO2. The maximum absolute atomic E-state index is 8.84. The highest BCUT2D eigenvalue weighted by molar-refractivity contribution is 5.40. The van der Waals surface area contributed by atoms with Crippen molar-refractivity contribution in [3.05, 3.63) is 29.3 Å². The van der Waals surface area contributed by atoms with Crippen LogP contribution in [0.4, 0.5) is 0 Å². The van der Waals surface area contributed by atoms with Gasteiger partial charge in [0.25, 0.3) is 0 Å². The van der Waals surface area contributed by atoms with Crippen LogP contribution in [0, 0.1) is 0 Å². The molecule has 1 atom stereocenters. The molecule has 0 saturated carbocycles. The normalized spacial score (nSPS) is 16.1. The van der Waals surface area contributed by atoms with Crippen LogP contribution in [0.25, 0.3) is 0 Å². The van der Waals surface area contributed by atoms with Crippen molar-refractivity contribution in [3.8, 4) is 5.75 Å². The van der Waals surface area contributed by atoms with Crippen molar-refractivity contribution in [2.24, 2.45) is 5.73 Å². The van der Waals surface area contributed by atoms with Crippen molar-refractivity contribution in [3.63, 3.8) is 0 Å². The topological polar surface area (TPSA) is 55.5 Å². The standard InChI is InChI=1S/C11H15NO2/c12-10(7-13)6-8-1-2-11-9(5-8)3-4-14-11/h1-2,5,10,13H,3-4,6-7,12H2/t10-/m0/s1. The fourth-order valence-corrected chi connectivity index (χ4v) is 1.73. The van der Waals surface area contributed by atoms with E-state index in [1.54, 1.807) is 0 Å². The zero-order valence-electron chi connectivity index (χ0n) is 8.07. The lowest BCUT2D eigenvalue weighted by Crippen LogP contribution is -2.26. The van der Waals surface area contributed by atoms with E-state index in [-0.39, 0.29) is 12.6 Å². The molecule has 0 radical (unpaired) electrons. The average molecular weight is 193 g/mol. The first-order valence-electron chi connectivity index (χ1n) is 4.90. The first kappa shape index (κ1) is 9.49. The monoisotopic (exact) mass is 193 g/mol. The molecule has 76 valence electrons. The number of nitrogens with two attached hydrogens (primary N) is 1. The summed E-state index contributed by atoms with van der Waals surface area (Å²) in [6.45, 7) is 0.818. The van der Waals surface area contributed by atoms with Gasteiger partial charge >= 0.3 is 0 Å². The number of fused-ring (bicyclic) bond motifs is 1. The lowest BCUT2D eigenvalue weighted by molar-refractivity contribution is 0.265. The predicted octanol–water partition coefficient (Wildman–Crippen LogP) is 0.484. The molecule has 3 heteroatoms. The minimum atomic E-state index is -0.157. The summed E-state index contributed by atoms with van der Waals surface area (Å²) in [5.74, 6) is 0.992. The van der Waals surface area contributed by atoms with Gasteiger partial charge in [0.15, 0.2) is 0 Å². The van der Waals surface area contributed by atoms with Crippen LogP contribution in [0.5, 0.6) is 5.75 Å². The van der Waals surface area contributed by atoms with Gasteiger partial charge in [-0.3, -0.25) is 0 Å². The average Bonchev–Trinajstić information content (AvgIpc) is 2.64. The first-order chi connectivity index (χ1) is 6.79. The van der Waals surface area contributed by atoms with E-state index in [1.807, 2.05) is 12.1 Å². The van der Waals surface area contributed by atoms with Crippen molar-refractivity contribution in [2.45, 2.75) is 18.9 Å². The molecule has 0 bridgehead atoms. The van der Waals surface area contributed by atoms with E-state index in [0.29, 0.717) is 0 Å². The molecule has 1 aromatic carbocycles. The summed E-state index contributed by atoms with van der Waals surface area (Å²) < 4.78 is 5.40. The second-order valence-electron chi connectivity index (χ2n) is 3.69. The molecule has 0 spiro atoms. The molecule has 0 aromatic heterocycles. The summed E-state index contributed by atoms with van der Waals surface area (Å²) in [5, 5.41) is 8.84. The number of aliphatic hydroxyl groups excluding tert-OH is 1. The Hall–Kier alpha value is -1.06. The van der Waals surface area contributed by atoms with E-state index in [1.165, 1.54) is 11.1 Å². The Labute approximate surface area is 83.5 Å². The number of rotatable bonds is 3. The summed E-state index contributed by atoms with van der Waals surface area (Å²) in [4.78, 5) is 0. The van der Waals surface area contributed by atoms with Gasteiger partial charge in [-0.05, 0) is 23.6 Å². The molecule has 0 saturated heterocycles.